The van der Waals surface area contributed by atoms with E-state index in [1.165, 1.54) is 0 Å². The zero-order valence-corrected chi connectivity index (χ0v) is 7.28. The standard InChI is InChI=1S/C7H6F3NOS/c8-7(9,10)5-4-13-6(11-5)2-1-3-12/h3-4H,1-2H2. The van der Waals surface area contributed by atoms with Crippen LogP contribution in [0, 0.1) is 0 Å². The Balaban J connectivity index is 2.69. The highest BCUT2D eigenvalue weighted by atomic mass is 32.1. The Bertz CT molecular complexity index is 294. The molecule has 6 heteroatoms. The van der Waals surface area contributed by atoms with Crippen molar-refractivity contribution in [2.24, 2.45) is 0 Å². The van der Waals surface area contributed by atoms with E-state index in [0.717, 1.165) is 16.7 Å². The number of aldehydes is 1. The lowest BCUT2D eigenvalue weighted by atomic mass is 10.3. The summed E-state index contributed by atoms with van der Waals surface area (Å²) in [5.41, 5.74) is -0.876. The number of hydrogen-bond acceptors (Lipinski definition) is 3. The van der Waals surface area contributed by atoms with Gasteiger partial charge in [0, 0.05) is 18.2 Å². The highest BCUT2D eigenvalue weighted by molar-refractivity contribution is 7.09. The summed E-state index contributed by atoms with van der Waals surface area (Å²) < 4.78 is 36.0. The molecule has 1 heterocycles. The Labute approximate surface area is 76.4 Å². The Hall–Kier alpha value is -0.910. The van der Waals surface area contributed by atoms with Crippen LogP contribution >= 0.6 is 11.3 Å². The van der Waals surface area contributed by atoms with Crippen molar-refractivity contribution in [3.05, 3.63) is 16.1 Å². The summed E-state index contributed by atoms with van der Waals surface area (Å²) in [5.74, 6) is 0. The van der Waals surface area contributed by atoms with Crippen LogP contribution in [-0.4, -0.2) is 11.3 Å². The first-order valence-electron chi connectivity index (χ1n) is 3.49. The Morgan fingerprint density at radius 3 is 2.69 bits per heavy atom. The first-order chi connectivity index (χ1) is 6.04. The van der Waals surface area contributed by atoms with Gasteiger partial charge < -0.3 is 4.79 Å². The lowest BCUT2D eigenvalue weighted by molar-refractivity contribution is -0.140. The average Bonchev–Trinajstić information content (AvgIpc) is 2.47. The van der Waals surface area contributed by atoms with E-state index < -0.39 is 11.9 Å². The van der Waals surface area contributed by atoms with Gasteiger partial charge in [-0.1, -0.05) is 0 Å². The van der Waals surface area contributed by atoms with Gasteiger partial charge in [-0.15, -0.1) is 11.3 Å². The molecule has 0 saturated heterocycles. The van der Waals surface area contributed by atoms with Gasteiger partial charge in [-0.25, -0.2) is 4.98 Å². The predicted molar refractivity (Wildman–Crippen MR) is 41.5 cm³/mol. The van der Waals surface area contributed by atoms with E-state index in [9.17, 15) is 18.0 Å². The molecule has 1 aromatic heterocycles. The summed E-state index contributed by atoms with van der Waals surface area (Å²) in [6.45, 7) is 0. The lowest BCUT2D eigenvalue weighted by Gasteiger charge is -1.99. The molecule has 1 aromatic rings. The van der Waals surface area contributed by atoms with Crippen LogP contribution in [0.3, 0.4) is 0 Å². The second-order valence-corrected chi connectivity index (χ2v) is 3.27. The monoisotopic (exact) mass is 209 g/mol. The van der Waals surface area contributed by atoms with Gasteiger partial charge in [0.15, 0.2) is 5.69 Å². The summed E-state index contributed by atoms with van der Waals surface area (Å²) in [7, 11) is 0. The average molecular weight is 209 g/mol. The van der Waals surface area contributed by atoms with E-state index in [0.29, 0.717) is 11.3 Å². The Morgan fingerprint density at radius 1 is 1.54 bits per heavy atom. The predicted octanol–water partition coefficient (Wildman–Crippen LogP) is 2.29. The van der Waals surface area contributed by atoms with Crippen LogP contribution in [0.4, 0.5) is 13.2 Å². The SMILES string of the molecule is O=CCCc1nc(C(F)(F)F)cs1. The van der Waals surface area contributed by atoms with Crippen LogP contribution in [0.5, 0.6) is 0 Å². The summed E-state index contributed by atoms with van der Waals surface area (Å²) in [5, 5.41) is 1.31. The number of aromatic nitrogens is 1. The number of thiazole rings is 1. The van der Waals surface area contributed by atoms with Crippen LogP contribution in [0.25, 0.3) is 0 Å². The van der Waals surface area contributed by atoms with E-state index in [1.807, 2.05) is 0 Å². The molecule has 0 aliphatic rings. The minimum atomic E-state index is -4.38. The maximum atomic E-state index is 12.0. The number of aryl methyl sites for hydroxylation is 1. The van der Waals surface area contributed by atoms with Crippen molar-refractivity contribution in [2.45, 2.75) is 19.0 Å². The molecule has 0 aliphatic carbocycles. The molecule has 0 aliphatic heterocycles. The third-order valence-electron chi connectivity index (χ3n) is 1.32. The molecule has 2 nitrogen and oxygen atoms in total. The van der Waals surface area contributed by atoms with E-state index in [4.69, 9.17) is 0 Å². The molecule has 0 amide bonds. The van der Waals surface area contributed by atoms with Crippen molar-refractivity contribution >= 4 is 17.6 Å². The number of alkyl halides is 3. The smallest absolute Gasteiger partial charge is 0.303 e. The fraction of sp³-hybridized carbons (Fsp3) is 0.429. The van der Waals surface area contributed by atoms with Crippen LogP contribution in [0.1, 0.15) is 17.1 Å². The summed E-state index contributed by atoms with van der Waals surface area (Å²) in [6.07, 6.45) is -3.22. The van der Waals surface area contributed by atoms with Crippen LogP contribution in [0.2, 0.25) is 0 Å². The molecule has 0 atom stereocenters. The largest absolute Gasteiger partial charge is 0.434 e. The summed E-state index contributed by atoms with van der Waals surface area (Å²) >= 11 is 0.926. The molecule has 0 spiro atoms. The van der Waals surface area contributed by atoms with Crippen molar-refractivity contribution in [3.63, 3.8) is 0 Å². The Morgan fingerprint density at radius 2 is 2.23 bits per heavy atom. The molecule has 72 valence electrons. The van der Waals surface area contributed by atoms with Gasteiger partial charge in [-0.05, 0) is 0 Å². The van der Waals surface area contributed by atoms with Gasteiger partial charge >= 0.3 is 6.18 Å². The van der Waals surface area contributed by atoms with E-state index in [-0.39, 0.29) is 12.8 Å². The van der Waals surface area contributed by atoms with Crippen LogP contribution in [-0.2, 0) is 17.4 Å². The topological polar surface area (TPSA) is 30.0 Å². The first kappa shape index (κ1) is 10.2. The molecule has 0 bridgehead atoms. The van der Waals surface area contributed by atoms with Gasteiger partial charge in [-0.2, -0.15) is 13.2 Å². The quantitative estimate of drug-likeness (QED) is 0.715. The second-order valence-electron chi connectivity index (χ2n) is 2.33. The minimum absolute atomic E-state index is 0.213. The van der Waals surface area contributed by atoms with Gasteiger partial charge in [0.05, 0.1) is 5.01 Å². The zero-order chi connectivity index (χ0) is 9.90. The third-order valence-corrected chi connectivity index (χ3v) is 2.23. The maximum absolute atomic E-state index is 12.0. The number of hydrogen-bond donors (Lipinski definition) is 0. The molecule has 0 radical (unpaired) electrons. The third kappa shape index (κ3) is 2.80. The molecule has 0 N–H and O–H groups in total. The molecule has 0 fully saturated rings. The fourth-order valence-electron chi connectivity index (χ4n) is 0.738. The molecule has 0 saturated carbocycles. The van der Waals surface area contributed by atoms with E-state index in [2.05, 4.69) is 4.98 Å². The lowest BCUT2D eigenvalue weighted by Crippen LogP contribution is -2.05. The maximum Gasteiger partial charge on any atom is 0.434 e. The van der Waals surface area contributed by atoms with Crippen molar-refractivity contribution in [1.82, 2.24) is 4.98 Å². The van der Waals surface area contributed by atoms with E-state index in [1.54, 1.807) is 0 Å². The van der Waals surface area contributed by atoms with Gasteiger partial charge in [0.2, 0.25) is 0 Å². The van der Waals surface area contributed by atoms with Gasteiger partial charge in [0.1, 0.15) is 6.29 Å². The number of carbonyl (C=O) groups is 1. The number of nitrogens with zero attached hydrogens (tertiary/aromatic N) is 1. The van der Waals surface area contributed by atoms with Crippen molar-refractivity contribution in [1.29, 1.82) is 0 Å². The molecule has 0 unspecified atom stereocenters. The molecule has 1 rings (SSSR count). The van der Waals surface area contributed by atoms with Crippen LogP contribution < -0.4 is 0 Å². The second kappa shape index (κ2) is 3.87. The van der Waals surface area contributed by atoms with Crippen LogP contribution in [0.15, 0.2) is 5.38 Å². The number of rotatable bonds is 3. The van der Waals surface area contributed by atoms with Crippen molar-refractivity contribution in [2.75, 3.05) is 0 Å². The van der Waals surface area contributed by atoms with Crippen molar-refractivity contribution < 1.29 is 18.0 Å². The minimum Gasteiger partial charge on any atom is -0.303 e. The van der Waals surface area contributed by atoms with Gasteiger partial charge in [-0.3, -0.25) is 0 Å². The molecule has 13 heavy (non-hydrogen) atoms. The zero-order valence-electron chi connectivity index (χ0n) is 6.47. The van der Waals surface area contributed by atoms with Crippen molar-refractivity contribution in [3.8, 4) is 0 Å². The normalized spacial score (nSPS) is 11.6. The van der Waals surface area contributed by atoms with Gasteiger partial charge in [0.25, 0.3) is 0 Å². The highest BCUT2D eigenvalue weighted by Gasteiger charge is 2.33. The first-order valence-corrected chi connectivity index (χ1v) is 4.37. The molecular weight excluding hydrogens is 203 g/mol. The highest BCUT2D eigenvalue weighted by Crippen LogP contribution is 2.30. The Kier molecular flexibility index (Phi) is 3.02. The molecular formula is C7H6F3NOS. The summed E-state index contributed by atoms with van der Waals surface area (Å²) in [4.78, 5) is 13.3. The number of carbonyl (C=O) groups excluding carboxylic acids is 1. The molecule has 0 aromatic carbocycles. The summed E-state index contributed by atoms with van der Waals surface area (Å²) in [6, 6.07) is 0. The number of halogens is 3. The fourth-order valence-corrected chi connectivity index (χ4v) is 1.56. The van der Waals surface area contributed by atoms with E-state index >= 15 is 0 Å².